The van der Waals surface area contributed by atoms with Gasteiger partial charge in [0.2, 0.25) is 11.8 Å². The van der Waals surface area contributed by atoms with Gasteiger partial charge in [-0.3, -0.25) is 19.4 Å². The van der Waals surface area contributed by atoms with Crippen LogP contribution in [-0.4, -0.2) is 86.9 Å². The molecule has 256 valence electrons. The van der Waals surface area contributed by atoms with Crippen LogP contribution in [0.2, 0.25) is 0 Å². The average Bonchev–Trinajstić information content (AvgIpc) is 3.65. The maximum absolute atomic E-state index is 14.4. The fourth-order valence-corrected chi connectivity index (χ4v) is 7.29. The molecule has 0 saturated carbocycles. The Hall–Kier alpha value is -5.01. The second kappa shape index (κ2) is 15.0. The van der Waals surface area contributed by atoms with Gasteiger partial charge in [0.15, 0.2) is 5.13 Å². The molecule has 0 aliphatic carbocycles. The molecule has 4 aromatic rings. The van der Waals surface area contributed by atoms with E-state index in [9.17, 15) is 19.2 Å². The number of amides is 5. The Kier molecular flexibility index (Phi) is 10.4. The van der Waals surface area contributed by atoms with E-state index in [0.717, 1.165) is 34.2 Å². The molecule has 12 nitrogen and oxygen atoms in total. The van der Waals surface area contributed by atoms with Crippen molar-refractivity contribution in [1.29, 1.82) is 0 Å². The summed E-state index contributed by atoms with van der Waals surface area (Å²) < 4.78 is 0.938. The predicted octanol–water partition coefficient (Wildman–Crippen LogP) is 4.69. The standard InChI is InChI=1S/C36H42N8O4S/c1-3-5-18-38-36(48)42(19-4-2)43-23-31(45)44-28(20-24-14-16-27(17-15-24)39-33(46)25-10-7-6-8-11-25)34(47)41(22-30(43)44)21-26-12-9-13-29-32(26)40-35(37)49-29/h6-17,28,30H,3-5,18-23H2,1-2H3,(H2,37,40)(H,38,48)(H,39,46)/t28-,30+/m0/s1. The van der Waals surface area contributed by atoms with Crippen molar-refractivity contribution < 1.29 is 19.2 Å². The largest absolute Gasteiger partial charge is 0.375 e. The summed E-state index contributed by atoms with van der Waals surface area (Å²) in [6, 6.07) is 21.1. The Morgan fingerprint density at radius 3 is 2.51 bits per heavy atom. The lowest BCUT2D eigenvalue weighted by molar-refractivity contribution is -0.157. The molecule has 5 amide bonds. The molecule has 2 aliphatic heterocycles. The van der Waals surface area contributed by atoms with Gasteiger partial charge in [-0.1, -0.05) is 74.1 Å². The van der Waals surface area contributed by atoms with Crippen LogP contribution in [0.3, 0.4) is 0 Å². The van der Waals surface area contributed by atoms with Gasteiger partial charge in [0.05, 0.1) is 23.3 Å². The number of piperazine rings is 1. The van der Waals surface area contributed by atoms with Gasteiger partial charge in [0.1, 0.15) is 12.2 Å². The number of rotatable bonds is 12. The summed E-state index contributed by atoms with van der Waals surface area (Å²) in [5.74, 6) is -0.599. The van der Waals surface area contributed by atoms with Crippen molar-refractivity contribution >= 4 is 56.1 Å². The number of hydrogen-bond acceptors (Lipinski definition) is 8. The number of urea groups is 1. The molecule has 2 atom stereocenters. The number of nitrogens with two attached hydrogens (primary N) is 1. The van der Waals surface area contributed by atoms with Gasteiger partial charge in [-0.2, -0.15) is 5.01 Å². The zero-order valence-corrected chi connectivity index (χ0v) is 28.6. The van der Waals surface area contributed by atoms with Crippen LogP contribution in [0.25, 0.3) is 10.2 Å². The molecule has 2 fully saturated rings. The number of nitrogens with one attached hydrogen (secondary N) is 2. The van der Waals surface area contributed by atoms with E-state index in [0.29, 0.717) is 35.9 Å². The first-order valence-electron chi connectivity index (χ1n) is 16.8. The van der Waals surface area contributed by atoms with E-state index >= 15 is 0 Å². The summed E-state index contributed by atoms with van der Waals surface area (Å²) in [7, 11) is 0. The number of hydrogen-bond donors (Lipinski definition) is 3. The predicted molar refractivity (Wildman–Crippen MR) is 190 cm³/mol. The SMILES string of the molecule is CCCCNC(=O)N(CCC)N1CC(=O)N2[C@@H](Cc3ccc(NC(=O)c4ccccc4)cc3)C(=O)N(Cc3cccc4sc(N)nc34)C[C@@H]21. The van der Waals surface area contributed by atoms with E-state index in [2.05, 4.69) is 22.5 Å². The van der Waals surface area contributed by atoms with Crippen molar-refractivity contribution in [3.8, 4) is 0 Å². The third kappa shape index (κ3) is 7.37. The monoisotopic (exact) mass is 682 g/mol. The minimum Gasteiger partial charge on any atom is -0.375 e. The first-order chi connectivity index (χ1) is 23.8. The van der Waals surface area contributed by atoms with Gasteiger partial charge >= 0.3 is 6.03 Å². The zero-order valence-electron chi connectivity index (χ0n) is 27.8. The average molecular weight is 683 g/mol. The molecule has 2 aliphatic rings. The number of hydrazine groups is 1. The smallest absolute Gasteiger partial charge is 0.332 e. The van der Waals surface area contributed by atoms with Gasteiger partial charge in [0.25, 0.3) is 5.91 Å². The van der Waals surface area contributed by atoms with E-state index < -0.39 is 12.2 Å². The minimum absolute atomic E-state index is 0.00780. The van der Waals surface area contributed by atoms with Crippen LogP contribution >= 0.6 is 11.3 Å². The summed E-state index contributed by atoms with van der Waals surface area (Å²) >= 11 is 1.40. The van der Waals surface area contributed by atoms with Crippen molar-refractivity contribution in [2.75, 3.05) is 37.2 Å². The second-order valence-corrected chi connectivity index (χ2v) is 13.4. The molecule has 13 heteroatoms. The van der Waals surface area contributed by atoms with Gasteiger partial charge in [-0.25, -0.2) is 9.78 Å². The maximum atomic E-state index is 14.4. The normalized spacial score (nSPS) is 17.8. The van der Waals surface area contributed by atoms with E-state index in [-0.39, 0.29) is 49.8 Å². The number of nitrogens with zero attached hydrogens (tertiary/aromatic N) is 5. The lowest BCUT2D eigenvalue weighted by atomic mass is 9.99. The lowest BCUT2D eigenvalue weighted by Gasteiger charge is -2.46. The summed E-state index contributed by atoms with van der Waals surface area (Å²) in [5, 5.41) is 9.83. The zero-order chi connectivity index (χ0) is 34.5. The van der Waals surface area contributed by atoms with E-state index in [1.165, 1.54) is 11.3 Å². The van der Waals surface area contributed by atoms with Crippen LogP contribution in [0.5, 0.6) is 0 Å². The quantitative estimate of drug-likeness (QED) is 0.184. The van der Waals surface area contributed by atoms with Crippen LogP contribution in [-0.2, 0) is 22.6 Å². The summed E-state index contributed by atoms with van der Waals surface area (Å²) in [4.78, 5) is 62.3. The highest BCUT2D eigenvalue weighted by Crippen LogP contribution is 2.32. The number of carbonyl (C=O) groups excluding carboxylic acids is 4. The third-order valence-corrected chi connectivity index (χ3v) is 9.76. The van der Waals surface area contributed by atoms with E-state index in [4.69, 9.17) is 5.73 Å². The third-order valence-electron chi connectivity index (χ3n) is 8.91. The highest BCUT2D eigenvalue weighted by Gasteiger charge is 2.52. The second-order valence-electron chi connectivity index (χ2n) is 12.4. The van der Waals surface area contributed by atoms with Crippen molar-refractivity contribution in [1.82, 2.24) is 30.1 Å². The number of carbonyl (C=O) groups is 4. The summed E-state index contributed by atoms with van der Waals surface area (Å²) in [6.07, 6.45) is 2.23. The number of thiazole rings is 1. The molecular weight excluding hydrogens is 641 g/mol. The van der Waals surface area contributed by atoms with Crippen molar-refractivity contribution in [2.24, 2.45) is 0 Å². The van der Waals surface area contributed by atoms with Crippen LogP contribution in [0, 0.1) is 0 Å². The van der Waals surface area contributed by atoms with Crippen LogP contribution in [0.15, 0.2) is 72.8 Å². The number of anilines is 2. The Balaban J connectivity index is 1.28. The molecule has 4 N–H and O–H groups in total. The van der Waals surface area contributed by atoms with Gasteiger partial charge in [-0.05, 0) is 54.3 Å². The van der Waals surface area contributed by atoms with Gasteiger partial charge < -0.3 is 26.2 Å². The molecule has 0 spiro atoms. The Morgan fingerprint density at radius 1 is 1.00 bits per heavy atom. The van der Waals surface area contributed by atoms with Crippen LogP contribution in [0.4, 0.5) is 15.6 Å². The molecule has 49 heavy (non-hydrogen) atoms. The van der Waals surface area contributed by atoms with E-state index in [1.54, 1.807) is 39.1 Å². The Labute approximate surface area is 289 Å². The molecule has 6 rings (SSSR count). The molecule has 1 aromatic heterocycles. The highest BCUT2D eigenvalue weighted by molar-refractivity contribution is 7.22. The van der Waals surface area contributed by atoms with Crippen molar-refractivity contribution in [3.05, 3.63) is 89.5 Å². The number of fused-ring (bicyclic) bond motifs is 2. The van der Waals surface area contributed by atoms with E-state index in [1.807, 2.05) is 60.5 Å². The fourth-order valence-electron chi connectivity index (χ4n) is 6.51. The summed E-state index contributed by atoms with van der Waals surface area (Å²) in [5.41, 5.74) is 9.67. The molecule has 3 heterocycles. The van der Waals surface area contributed by atoms with Crippen LogP contribution < -0.4 is 16.4 Å². The minimum atomic E-state index is -0.799. The molecule has 0 bridgehead atoms. The highest BCUT2D eigenvalue weighted by atomic mass is 32.1. The number of unbranched alkanes of at least 4 members (excludes halogenated alkanes) is 1. The van der Waals surface area contributed by atoms with Crippen molar-refractivity contribution in [2.45, 2.75) is 58.3 Å². The molecule has 0 radical (unpaired) electrons. The Morgan fingerprint density at radius 2 is 1.78 bits per heavy atom. The molecule has 0 unspecified atom stereocenters. The topological polar surface area (TPSA) is 144 Å². The molecule has 2 saturated heterocycles. The number of benzene rings is 3. The molecular formula is C36H42N8O4S. The van der Waals surface area contributed by atoms with Crippen molar-refractivity contribution in [3.63, 3.8) is 0 Å². The Bertz CT molecular complexity index is 1810. The lowest BCUT2D eigenvalue weighted by Crippen LogP contribution is -2.66. The first-order valence-corrected chi connectivity index (χ1v) is 17.6. The maximum Gasteiger partial charge on any atom is 0.332 e. The summed E-state index contributed by atoms with van der Waals surface area (Å²) in [6.45, 7) is 5.53. The number of nitrogen functional groups attached to an aromatic ring is 1. The number of aromatic nitrogens is 1. The van der Waals surface area contributed by atoms with Crippen LogP contribution in [0.1, 0.15) is 54.6 Å². The molecule has 3 aromatic carbocycles. The first kappa shape index (κ1) is 33.9. The van der Waals surface area contributed by atoms with Gasteiger partial charge in [0, 0.05) is 37.3 Å². The number of para-hydroxylation sites is 1. The fraction of sp³-hybridized carbons (Fsp3) is 0.361. The van der Waals surface area contributed by atoms with Gasteiger partial charge in [-0.15, -0.1) is 0 Å².